The molecule has 0 amide bonds. The summed E-state index contributed by atoms with van der Waals surface area (Å²) in [5.74, 6) is 0.333. The molecule has 3 heteroatoms. The molecule has 0 saturated carbocycles. The number of nitrogens with one attached hydrogen (secondary N) is 1. The number of likely N-dealkylation sites (tertiary alicyclic amines) is 1. The zero-order chi connectivity index (χ0) is 11.7. The maximum absolute atomic E-state index is 9.35. The molecule has 1 aliphatic heterocycles. The van der Waals surface area contributed by atoms with Crippen molar-refractivity contribution in [2.75, 3.05) is 18.9 Å². The predicted molar refractivity (Wildman–Crippen MR) is 67.0 cm³/mol. The van der Waals surface area contributed by atoms with Gasteiger partial charge in [0.1, 0.15) is 5.75 Å². The second-order valence-corrected chi connectivity index (χ2v) is 4.86. The first kappa shape index (κ1) is 11.3. The van der Waals surface area contributed by atoms with Gasteiger partial charge >= 0.3 is 0 Å². The zero-order valence-electron chi connectivity index (χ0n) is 10.2. The lowest BCUT2D eigenvalue weighted by Crippen LogP contribution is -2.25. The van der Waals surface area contributed by atoms with Crippen molar-refractivity contribution in [1.29, 1.82) is 0 Å². The normalized spacial score (nSPS) is 25.9. The second kappa shape index (κ2) is 4.34. The third kappa shape index (κ3) is 2.30. The number of hydrogen-bond donors (Lipinski definition) is 2. The Labute approximate surface area is 97.1 Å². The van der Waals surface area contributed by atoms with Crippen molar-refractivity contribution in [1.82, 2.24) is 4.90 Å². The van der Waals surface area contributed by atoms with Gasteiger partial charge in [0.15, 0.2) is 0 Å². The van der Waals surface area contributed by atoms with Gasteiger partial charge in [-0.1, -0.05) is 0 Å². The molecule has 2 unspecified atom stereocenters. The fraction of sp³-hybridized carbons (Fsp3) is 0.538. The maximum Gasteiger partial charge on any atom is 0.115 e. The monoisotopic (exact) mass is 220 g/mol. The third-order valence-corrected chi connectivity index (χ3v) is 3.46. The van der Waals surface area contributed by atoms with Crippen LogP contribution in [0.3, 0.4) is 0 Å². The fourth-order valence-electron chi connectivity index (χ4n) is 2.33. The Bertz CT molecular complexity index is 368. The molecule has 2 N–H and O–H groups in total. The molecule has 0 aliphatic carbocycles. The summed E-state index contributed by atoms with van der Waals surface area (Å²) in [4.78, 5) is 2.37. The molecule has 1 saturated heterocycles. The van der Waals surface area contributed by atoms with Crippen molar-refractivity contribution in [2.45, 2.75) is 32.4 Å². The minimum absolute atomic E-state index is 0.333. The first-order valence-electron chi connectivity index (χ1n) is 5.82. The quantitative estimate of drug-likeness (QED) is 0.750. The van der Waals surface area contributed by atoms with Gasteiger partial charge < -0.3 is 15.3 Å². The van der Waals surface area contributed by atoms with Crippen LogP contribution in [0.5, 0.6) is 5.75 Å². The summed E-state index contributed by atoms with van der Waals surface area (Å²) in [6, 6.07) is 6.65. The fourth-order valence-corrected chi connectivity index (χ4v) is 2.33. The zero-order valence-corrected chi connectivity index (χ0v) is 10.2. The Morgan fingerprint density at radius 2 is 2.19 bits per heavy atom. The molecule has 1 fully saturated rings. The lowest BCUT2D eigenvalue weighted by molar-refractivity contribution is 0.330. The Morgan fingerprint density at radius 1 is 1.44 bits per heavy atom. The molecule has 0 spiro atoms. The van der Waals surface area contributed by atoms with E-state index in [1.807, 2.05) is 13.0 Å². The number of benzene rings is 1. The average molecular weight is 220 g/mol. The van der Waals surface area contributed by atoms with Crippen molar-refractivity contribution in [3.05, 3.63) is 23.8 Å². The maximum atomic E-state index is 9.35. The van der Waals surface area contributed by atoms with Gasteiger partial charge in [0.2, 0.25) is 0 Å². The lowest BCUT2D eigenvalue weighted by Gasteiger charge is -2.16. The van der Waals surface area contributed by atoms with Gasteiger partial charge in [-0.2, -0.15) is 0 Å². The number of aryl methyl sites for hydroxylation is 1. The van der Waals surface area contributed by atoms with Crippen LogP contribution in [0.2, 0.25) is 0 Å². The Hall–Kier alpha value is -1.22. The molecule has 1 aromatic rings. The lowest BCUT2D eigenvalue weighted by atomic mass is 10.1. The van der Waals surface area contributed by atoms with Crippen molar-refractivity contribution in [3.63, 3.8) is 0 Å². The minimum Gasteiger partial charge on any atom is -0.508 e. The van der Waals surface area contributed by atoms with Gasteiger partial charge in [0.05, 0.1) is 0 Å². The van der Waals surface area contributed by atoms with Gasteiger partial charge in [0.25, 0.3) is 0 Å². The van der Waals surface area contributed by atoms with E-state index in [2.05, 4.69) is 24.2 Å². The molecule has 1 aliphatic rings. The highest BCUT2D eigenvalue weighted by molar-refractivity contribution is 5.54. The Kier molecular flexibility index (Phi) is 3.06. The van der Waals surface area contributed by atoms with Gasteiger partial charge in [-0.05, 0) is 51.1 Å². The van der Waals surface area contributed by atoms with E-state index >= 15 is 0 Å². The van der Waals surface area contributed by atoms with Crippen molar-refractivity contribution in [2.24, 2.45) is 0 Å². The molecule has 3 nitrogen and oxygen atoms in total. The van der Waals surface area contributed by atoms with Gasteiger partial charge in [-0.15, -0.1) is 0 Å². The van der Waals surface area contributed by atoms with Crippen LogP contribution in [-0.2, 0) is 0 Å². The van der Waals surface area contributed by atoms with Gasteiger partial charge in [0, 0.05) is 24.3 Å². The molecule has 2 rings (SSSR count). The van der Waals surface area contributed by atoms with E-state index < -0.39 is 0 Å². The Balaban J connectivity index is 2.05. The van der Waals surface area contributed by atoms with E-state index in [1.165, 1.54) is 6.42 Å². The van der Waals surface area contributed by atoms with Crippen LogP contribution in [0.25, 0.3) is 0 Å². The summed E-state index contributed by atoms with van der Waals surface area (Å²) in [7, 11) is 2.16. The molecular formula is C13H20N2O. The highest BCUT2D eigenvalue weighted by atomic mass is 16.3. The van der Waals surface area contributed by atoms with Crippen LogP contribution in [0, 0.1) is 6.92 Å². The molecule has 16 heavy (non-hydrogen) atoms. The molecule has 1 heterocycles. The molecule has 88 valence electrons. The number of phenolic OH excluding ortho intramolecular Hbond substituents is 1. The van der Waals surface area contributed by atoms with E-state index in [0.717, 1.165) is 17.8 Å². The molecule has 0 radical (unpaired) electrons. The number of hydrogen-bond acceptors (Lipinski definition) is 3. The smallest absolute Gasteiger partial charge is 0.115 e. The van der Waals surface area contributed by atoms with Crippen LogP contribution < -0.4 is 5.32 Å². The molecule has 1 aromatic carbocycles. The summed E-state index contributed by atoms with van der Waals surface area (Å²) < 4.78 is 0. The number of rotatable bonds is 2. The number of likely N-dealkylation sites (N-methyl/N-ethyl adjacent to an activating group) is 1. The molecular weight excluding hydrogens is 200 g/mol. The summed E-state index contributed by atoms with van der Waals surface area (Å²) in [6.45, 7) is 5.36. The summed E-state index contributed by atoms with van der Waals surface area (Å²) >= 11 is 0. The standard InChI is InChI=1S/C13H20N2O/c1-9-6-12(16)4-5-13(9)14-11-7-10(2)15(3)8-11/h4-6,10-11,14,16H,7-8H2,1-3H3. The minimum atomic E-state index is 0.333. The first-order chi connectivity index (χ1) is 7.56. The van der Waals surface area contributed by atoms with E-state index in [0.29, 0.717) is 17.8 Å². The molecule has 2 atom stereocenters. The SMILES string of the molecule is Cc1cc(O)ccc1NC1CC(C)N(C)C1. The average Bonchev–Trinajstić information content (AvgIpc) is 2.51. The molecule has 0 aromatic heterocycles. The third-order valence-electron chi connectivity index (χ3n) is 3.46. The van der Waals surface area contributed by atoms with Crippen molar-refractivity contribution >= 4 is 5.69 Å². The van der Waals surface area contributed by atoms with Crippen LogP contribution in [0.4, 0.5) is 5.69 Å². The number of aromatic hydroxyl groups is 1. The molecule has 0 bridgehead atoms. The van der Waals surface area contributed by atoms with E-state index in [9.17, 15) is 5.11 Å². The predicted octanol–water partition coefficient (Wildman–Crippen LogP) is 2.21. The summed E-state index contributed by atoms with van der Waals surface area (Å²) in [6.07, 6.45) is 1.18. The summed E-state index contributed by atoms with van der Waals surface area (Å²) in [5, 5.41) is 12.9. The largest absolute Gasteiger partial charge is 0.508 e. The van der Waals surface area contributed by atoms with Crippen LogP contribution in [-0.4, -0.2) is 35.7 Å². The van der Waals surface area contributed by atoms with E-state index in [1.54, 1.807) is 12.1 Å². The van der Waals surface area contributed by atoms with Gasteiger partial charge in [-0.25, -0.2) is 0 Å². The first-order valence-corrected chi connectivity index (χ1v) is 5.82. The van der Waals surface area contributed by atoms with Crippen LogP contribution in [0.15, 0.2) is 18.2 Å². The van der Waals surface area contributed by atoms with E-state index in [-0.39, 0.29) is 0 Å². The topological polar surface area (TPSA) is 35.5 Å². The number of anilines is 1. The highest BCUT2D eigenvalue weighted by Gasteiger charge is 2.25. The van der Waals surface area contributed by atoms with Crippen molar-refractivity contribution < 1.29 is 5.11 Å². The van der Waals surface area contributed by atoms with Crippen LogP contribution in [0.1, 0.15) is 18.9 Å². The summed E-state index contributed by atoms with van der Waals surface area (Å²) in [5.41, 5.74) is 2.23. The second-order valence-electron chi connectivity index (χ2n) is 4.86. The van der Waals surface area contributed by atoms with Crippen molar-refractivity contribution in [3.8, 4) is 5.75 Å². The van der Waals surface area contributed by atoms with E-state index in [4.69, 9.17) is 0 Å². The number of phenols is 1. The van der Waals surface area contributed by atoms with Crippen LogP contribution >= 0.6 is 0 Å². The Morgan fingerprint density at radius 3 is 2.75 bits per heavy atom. The number of nitrogens with zero attached hydrogens (tertiary/aromatic N) is 1. The highest BCUT2D eigenvalue weighted by Crippen LogP contribution is 2.24. The van der Waals surface area contributed by atoms with Gasteiger partial charge in [-0.3, -0.25) is 0 Å².